The van der Waals surface area contributed by atoms with Gasteiger partial charge in [0.05, 0.1) is 12.2 Å². The molecule has 2 N–H and O–H groups in total. The van der Waals surface area contributed by atoms with Gasteiger partial charge >= 0.3 is 0 Å². The number of hydrogen-bond acceptors (Lipinski definition) is 3. The van der Waals surface area contributed by atoms with Gasteiger partial charge in [0.1, 0.15) is 12.4 Å². The third-order valence-corrected chi connectivity index (χ3v) is 3.46. The van der Waals surface area contributed by atoms with Crippen molar-refractivity contribution in [1.29, 1.82) is 0 Å². The van der Waals surface area contributed by atoms with E-state index in [1.54, 1.807) is 10.7 Å². The van der Waals surface area contributed by atoms with Crippen LogP contribution in [0.25, 0.3) is 0 Å². The Morgan fingerprint density at radius 2 is 2.32 bits per heavy atom. The molecule has 2 aromatic heterocycles. The summed E-state index contributed by atoms with van der Waals surface area (Å²) in [6.07, 6.45) is 2.05. The minimum atomic E-state index is 0.0576. The monoisotopic (exact) mass is 259 g/mol. The highest BCUT2D eigenvalue weighted by Crippen LogP contribution is 2.14. The molecular formula is C13H17N5O. The van der Waals surface area contributed by atoms with Gasteiger partial charge in [0, 0.05) is 31.0 Å². The minimum absolute atomic E-state index is 0.0576. The van der Waals surface area contributed by atoms with Gasteiger partial charge in [0.25, 0.3) is 0 Å². The predicted molar refractivity (Wildman–Crippen MR) is 71.2 cm³/mol. The molecule has 0 fully saturated rings. The van der Waals surface area contributed by atoms with E-state index in [-0.39, 0.29) is 12.5 Å². The summed E-state index contributed by atoms with van der Waals surface area (Å²) in [6, 6.07) is 5.83. The Labute approximate surface area is 111 Å². The molecule has 0 saturated carbocycles. The van der Waals surface area contributed by atoms with Gasteiger partial charge in [-0.3, -0.25) is 4.79 Å². The van der Waals surface area contributed by atoms with E-state index in [2.05, 4.69) is 9.67 Å². The Morgan fingerprint density at radius 1 is 1.47 bits per heavy atom. The number of aryl methyl sites for hydroxylation is 1. The summed E-state index contributed by atoms with van der Waals surface area (Å²) in [5.74, 6) is 0.591. The molecule has 1 aliphatic heterocycles. The number of carbonyl (C=O) groups excluding carboxylic acids is 1. The highest BCUT2D eigenvalue weighted by molar-refractivity contribution is 5.76. The molecule has 2 aromatic rings. The lowest BCUT2D eigenvalue weighted by Gasteiger charge is -2.28. The summed E-state index contributed by atoms with van der Waals surface area (Å²) in [5, 5.41) is 4.22. The first-order chi connectivity index (χ1) is 9.13. The van der Waals surface area contributed by atoms with Crippen molar-refractivity contribution in [3.63, 3.8) is 0 Å². The number of fused-ring (bicyclic) bond motifs is 1. The molecule has 0 saturated heterocycles. The smallest absolute Gasteiger partial charge is 0.244 e. The summed E-state index contributed by atoms with van der Waals surface area (Å²) >= 11 is 0. The molecule has 1 amide bonds. The van der Waals surface area contributed by atoms with E-state index in [0.717, 1.165) is 18.8 Å². The van der Waals surface area contributed by atoms with Gasteiger partial charge in [0.15, 0.2) is 0 Å². The molecule has 100 valence electrons. The van der Waals surface area contributed by atoms with Crippen molar-refractivity contribution >= 4 is 11.7 Å². The van der Waals surface area contributed by atoms with Crippen LogP contribution in [0.5, 0.6) is 0 Å². The normalized spacial score (nSPS) is 14.5. The zero-order valence-corrected chi connectivity index (χ0v) is 10.9. The molecule has 0 aromatic carbocycles. The second-order valence-corrected chi connectivity index (χ2v) is 4.88. The van der Waals surface area contributed by atoms with Crippen LogP contribution in [0.4, 0.5) is 5.82 Å². The molecule has 6 heteroatoms. The predicted octanol–water partition coefficient (Wildman–Crippen LogP) is 0.618. The van der Waals surface area contributed by atoms with E-state index in [0.29, 0.717) is 12.4 Å². The van der Waals surface area contributed by atoms with Gasteiger partial charge in [-0.25, -0.2) is 4.68 Å². The molecular weight excluding hydrogens is 242 g/mol. The maximum Gasteiger partial charge on any atom is 0.244 e. The Kier molecular flexibility index (Phi) is 2.77. The maximum atomic E-state index is 12.3. The average molecular weight is 259 g/mol. The van der Waals surface area contributed by atoms with E-state index in [9.17, 15) is 4.79 Å². The number of aromatic nitrogens is 3. The Hall–Kier alpha value is -2.24. The van der Waals surface area contributed by atoms with Crippen LogP contribution in [0.1, 0.15) is 11.4 Å². The standard InChI is InChI=1S/C13H17N5O/c1-10-7-12(14)18(15-10)9-13(19)17-6-5-16-4-2-3-11(16)8-17/h2-4,7H,5-6,8-9,14H2,1H3. The second-order valence-electron chi connectivity index (χ2n) is 4.88. The number of nitrogen functional groups attached to an aromatic ring is 1. The third kappa shape index (κ3) is 2.21. The molecule has 0 aliphatic carbocycles. The van der Waals surface area contributed by atoms with Crippen LogP contribution >= 0.6 is 0 Å². The van der Waals surface area contributed by atoms with Gasteiger partial charge in [-0.05, 0) is 19.1 Å². The number of amides is 1. The summed E-state index contributed by atoms with van der Waals surface area (Å²) in [5.41, 5.74) is 7.81. The van der Waals surface area contributed by atoms with Gasteiger partial charge in [-0.2, -0.15) is 5.10 Å². The quantitative estimate of drug-likeness (QED) is 0.859. The van der Waals surface area contributed by atoms with Crippen LogP contribution in [0, 0.1) is 6.92 Å². The molecule has 0 atom stereocenters. The number of nitrogens with two attached hydrogens (primary N) is 1. The van der Waals surface area contributed by atoms with Crippen LogP contribution < -0.4 is 5.73 Å². The van der Waals surface area contributed by atoms with Crippen LogP contribution in [0.2, 0.25) is 0 Å². The number of carbonyl (C=O) groups is 1. The van der Waals surface area contributed by atoms with E-state index in [1.165, 1.54) is 5.69 Å². The summed E-state index contributed by atoms with van der Waals surface area (Å²) < 4.78 is 3.74. The molecule has 19 heavy (non-hydrogen) atoms. The lowest BCUT2D eigenvalue weighted by atomic mass is 10.3. The van der Waals surface area contributed by atoms with Crippen molar-refractivity contribution in [1.82, 2.24) is 19.2 Å². The lowest BCUT2D eigenvalue weighted by molar-refractivity contribution is -0.133. The molecule has 0 bridgehead atoms. The van der Waals surface area contributed by atoms with Crippen LogP contribution in [0.15, 0.2) is 24.4 Å². The highest BCUT2D eigenvalue weighted by atomic mass is 16.2. The molecule has 3 rings (SSSR count). The summed E-state index contributed by atoms with van der Waals surface area (Å²) in [4.78, 5) is 14.1. The van der Waals surface area contributed by atoms with Crippen LogP contribution in [-0.4, -0.2) is 31.7 Å². The van der Waals surface area contributed by atoms with E-state index < -0.39 is 0 Å². The van der Waals surface area contributed by atoms with Crippen molar-refractivity contribution in [2.45, 2.75) is 26.6 Å². The lowest BCUT2D eigenvalue weighted by Crippen LogP contribution is -2.39. The van der Waals surface area contributed by atoms with E-state index in [4.69, 9.17) is 5.73 Å². The third-order valence-electron chi connectivity index (χ3n) is 3.46. The van der Waals surface area contributed by atoms with Crippen LogP contribution in [-0.2, 0) is 24.4 Å². The fourth-order valence-corrected chi connectivity index (χ4v) is 2.45. The first-order valence-electron chi connectivity index (χ1n) is 6.35. The highest BCUT2D eigenvalue weighted by Gasteiger charge is 2.21. The second kappa shape index (κ2) is 4.46. The average Bonchev–Trinajstić information content (AvgIpc) is 2.95. The number of hydrogen-bond donors (Lipinski definition) is 1. The largest absolute Gasteiger partial charge is 0.384 e. The van der Waals surface area contributed by atoms with Gasteiger partial charge in [0.2, 0.25) is 5.91 Å². The molecule has 1 aliphatic rings. The molecule has 0 radical (unpaired) electrons. The van der Waals surface area contributed by atoms with E-state index in [1.807, 2.05) is 30.2 Å². The number of anilines is 1. The zero-order chi connectivity index (χ0) is 13.4. The maximum absolute atomic E-state index is 12.3. The molecule has 0 unspecified atom stereocenters. The SMILES string of the molecule is Cc1cc(N)n(CC(=O)N2CCn3cccc3C2)n1. The molecule has 0 spiro atoms. The van der Waals surface area contributed by atoms with Crippen molar-refractivity contribution in [2.75, 3.05) is 12.3 Å². The number of rotatable bonds is 2. The van der Waals surface area contributed by atoms with Gasteiger partial charge < -0.3 is 15.2 Å². The van der Waals surface area contributed by atoms with Crippen molar-refractivity contribution in [3.05, 3.63) is 35.8 Å². The van der Waals surface area contributed by atoms with Crippen LogP contribution in [0.3, 0.4) is 0 Å². The fourth-order valence-electron chi connectivity index (χ4n) is 2.45. The van der Waals surface area contributed by atoms with Crippen molar-refractivity contribution in [2.24, 2.45) is 0 Å². The molecule has 3 heterocycles. The summed E-state index contributed by atoms with van der Waals surface area (Å²) in [6.45, 7) is 4.32. The first kappa shape index (κ1) is 11.8. The van der Waals surface area contributed by atoms with Gasteiger partial charge in [-0.1, -0.05) is 0 Å². The summed E-state index contributed by atoms with van der Waals surface area (Å²) in [7, 11) is 0. The Morgan fingerprint density at radius 3 is 3.05 bits per heavy atom. The minimum Gasteiger partial charge on any atom is -0.384 e. The zero-order valence-electron chi connectivity index (χ0n) is 10.9. The molecule has 6 nitrogen and oxygen atoms in total. The fraction of sp³-hybridized carbons (Fsp3) is 0.385. The van der Waals surface area contributed by atoms with Gasteiger partial charge in [-0.15, -0.1) is 0 Å². The van der Waals surface area contributed by atoms with Crippen molar-refractivity contribution < 1.29 is 4.79 Å². The van der Waals surface area contributed by atoms with Crippen molar-refractivity contribution in [3.8, 4) is 0 Å². The topological polar surface area (TPSA) is 69.1 Å². The van der Waals surface area contributed by atoms with E-state index >= 15 is 0 Å². The number of nitrogens with zero attached hydrogens (tertiary/aromatic N) is 4. The Balaban J connectivity index is 1.70. The Bertz CT molecular complexity index is 612. The first-order valence-corrected chi connectivity index (χ1v) is 6.35.